The third-order valence-corrected chi connectivity index (χ3v) is 4.64. The van der Waals surface area contributed by atoms with Crippen LogP contribution in [0.5, 0.6) is 5.75 Å². The summed E-state index contributed by atoms with van der Waals surface area (Å²) in [6.45, 7) is 1.74. The number of aryl methyl sites for hydroxylation is 1. The molecule has 2 aromatic rings. The molecule has 0 bridgehead atoms. The van der Waals surface area contributed by atoms with E-state index in [2.05, 4.69) is 10.1 Å². The van der Waals surface area contributed by atoms with Crippen LogP contribution in [0.1, 0.15) is 29.0 Å². The van der Waals surface area contributed by atoms with E-state index in [-0.39, 0.29) is 11.8 Å². The van der Waals surface area contributed by atoms with Crippen LogP contribution in [0.25, 0.3) is 0 Å². The standard InChI is InChI=1S/C15H16ClF2NOS/c1-3-19-13(12-8-9(2)14(16)21-12)10-6-4-5-7-11(10)20-15(17)18/h4-8,13,15,19H,3H2,1-2H3. The second-order valence-corrected chi connectivity index (χ2v) is 6.20. The molecule has 0 aliphatic heterocycles. The SMILES string of the molecule is CCNC(c1cc(C)c(Cl)s1)c1ccccc1OC(F)F. The maximum Gasteiger partial charge on any atom is 0.387 e. The normalized spacial score (nSPS) is 12.7. The summed E-state index contributed by atoms with van der Waals surface area (Å²) in [5.74, 6) is 0.181. The van der Waals surface area contributed by atoms with Gasteiger partial charge in [-0.2, -0.15) is 8.78 Å². The zero-order valence-electron chi connectivity index (χ0n) is 11.7. The Kier molecular flexibility index (Phi) is 5.56. The van der Waals surface area contributed by atoms with E-state index in [1.54, 1.807) is 24.3 Å². The van der Waals surface area contributed by atoms with E-state index in [1.807, 2.05) is 19.9 Å². The first-order valence-corrected chi connectivity index (χ1v) is 7.75. The number of nitrogens with one attached hydrogen (secondary N) is 1. The van der Waals surface area contributed by atoms with Crippen molar-refractivity contribution < 1.29 is 13.5 Å². The molecule has 1 heterocycles. The molecule has 1 atom stereocenters. The highest BCUT2D eigenvalue weighted by Gasteiger charge is 2.21. The highest BCUT2D eigenvalue weighted by atomic mass is 35.5. The van der Waals surface area contributed by atoms with E-state index >= 15 is 0 Å². The topological polar surface area (TPSA) is 21.3 Å². The lowest BCUT2D eigenvalue weighted by molar-refractivity contribution is -0.0506. The highest BCUT2D eigenvalue weighted by Crippen LogP contribution is 2.37. The summed E-state index contributed by atoms with van der Waals surface area (Å²) in [5.41, 5.74) is 1.66. The molecule has 2 nitrogen and oxygen atoms in total. The monoisotopic (exact) mass is 331 g/mol. The van der Waals surface area contributed by atoms with Gasteiger partial charge in [-0.25, -0.2) is 0 Å². The number of rotatable bonds is 6. The molecule has 1 unspecified atom stereocenters. The highest BCUT2D eigenvalue weighted by molar-refractivity contribution is 7.16. The first-order chi connectivity index (χ1) is 10.0. The fraction of sp³-hybridized carbons (Fsp3) is 0.333. The van der Waals surface area contributed by atoms with Crippen LogP contribution >= 0.6 is 22.9 Å². The lowest BCUT2D eigenvalue weighted by Crippen LogP contribution is -2.22. The number of thiophene rings is 1. The van der Waals surface area contributed by atoms with Gasteiger partial charge in [0.2, 0.25) is 0 Å². The Hall–Kier alpha value is -1.17. The summed E-state index contributed by atoms with van der Waals surface area (Å²) >= 11 is 7.57. The minimum atomic E-state index is -2.85. The molecule has 0 radical (unpaired) electrons. The van der Waals surface area contributed by atoms with Gasteiger partial charge in [0.15, 0.2) is 0 Å². The molecule has 6 heteroatoms. The van der Waals surface area contributed by atoms with Crippen LogP contribution in [0.2, 0.25) is 4.34 Å². The summed E-state index contributed by atoms with van der Waals surface area (Å²) in [5, 5.41) is 3.30. The zero-order chi connectivity index (χ0) is 15.4. The summed E-state index contributed by atoms with van der Waals surface area (Å²) in [6, 6.07) is 8.57. The predicted octanol–water partition coefficient (Wildman–Crippen LogP) is 5.01. The Morgan fingerprint density at radius 2 is 2.05 bits per heavy atom. The molecule has 0 spiro atoms. The van der Waals surface area contributed by atoms with Gasteiger partial charge >= 0.3 is 6.61 Å². The van der Waals surface area contributed by atoms with Crippen LogP contribution in [0.3, 0.4) is 0 Å². The fourth-order valence-electron chi connectivity index (χ4n) is 2.12. The van der Waals surface area contributed by atoms with E-state index < -0.39 is 6.61 Å². The number of ether oxygens (including phenoxy) is 1. The van der Waals surface area contributed by atoms with Gasteiger partial charge in [-0.3, -0.25) is 0 Å². The van der Waals surface area contributed by atoms with Crippen molar-refractivity contribution in [2.75, 3.05) is 6.54 Å². The minimum absolute atomic E-state index is 0.181. The van der Waals surface area contributed by atoms with Crippen LogP contribution in [-0.2, 0) is 0 Å². The largest absolute Gasteiger partial charge is 0.434 e. The smallest absolute Gasteiger partial charge is 0.387 e. The van der Waals surface area contributed by atoms with Crippen molar-refractivity contribution >= 4 is 22.9 Å². The molecule has 21 heavy (non-hydrogen) atoms. The van der Waals surface area contributed by atoms with E-state index in [1.165, 1.54) is 11.3 Å². The van der Waals surface area contributed by atoms with Crippen LogP contribution < -0.4 is 10.1 Å². The van der Waals surface area contributed by atoms with Crippen molar-refractivity contribution in [1.29, 1.82) is 0 Å². The van der Waals surface area contributed by atoms with Gasteiger partial charge in [0, 0.05) is 10.4 Å². The van der Waals surface area contributed by atoms with Crippen LogP contribution in [-0.4, -0.2) is 13.2 Å². The summed E-state index contributed by atoms with van der Waals surface area (Å²) in [6.07, 6.45) is 0. The zero-order valence-corrected chi connectivity index (χ0v) is 13.3. The number of halogens is 3. The molecule has 0 saturated heterocycles. The molecule has 1 aromatic heterocycles. The summed E-state index contributed by atoms with van der Waals surface area (Å²) < 4.78 is 30.5. The lowest BCUT2D eigenvalue weighted by Gasteiger charge is -2.20. The van der Waals surface area contributed by atoms with Crippen molar-refractivity contribution in [2.45, 2.75) is 26.5 Å². The van der Waals surface area contributed by atoms with Gasteiger partial charge < -0.3 is 10.1 Å². The lowest BCUT2D eigenvalue weighted by atomic mass is 10.0. The third-order valence-electron chi connectivity index (χ3n) is 3.02. The van der Waals surface area contributed by atoms with Crippen molar-refractivity contribution in [1.82, 2.24) is 5.32 Å². The van der Waals surface area contributed by atoms with Gasteiger partial charge in [0.05, 0.1) is 10.4 Å². The molecule has 1 aromatic carbocycles. The van der Waals surface area contributed by atoms with Gasteiger partial charge in [-0.15, -0.1) is 11.3 Å². The first kappa shape index (κ1) is 16.2. The molecule has 1 N–H and O–H groups in total. The average molecular weight is 332 g/mol. The third kappa shape index (κ3) is 3.93. The van der Waals surface area contributed by atoms with E-state index in [9.17, 15) is 8.78 Å². The van der Waals surface area contributed by atoms with Crippen molar-refractivity contribution in [3.8, 4) is 5.75 Å². The molecule has 2 rings (SSSR count). The Morgan fingerprint density at radius 3 is 2.62 bits per heavy atom. The summed E-state index contributed by atoms with van der Waals surface area (Å²) in [4.78, 5) is 0.977. The molecular formula is C15H16ClF2NOS. The Labute approximate surface area is 131 Å². The van der Waals surface area contributed by atoms with Gasteiger partial charge in [0.1, 0.15) is 5.75 Å². The second-order valence-electron chi connectivity index (χ2n) is 4.51. The van der Waals surface area contributed by atoms with Crippen molar-refractivity contribution in [3.05, 3.63) is 50.7 Å². The molecule has 0 aliphatic carbocycles. The van der Waals surface area contributed by atoms with Crippen molar-refractivity contribution in [2.24, 2.45) is 0 Å². The first-order valence-electron chi connectivity index (χ1n) is 6.55. The quantitative estimate of drug-likeness (QED) is 0.803. The Bertz CT molecular complexity index is 584. The van der Waals surface area contributed by atoms with Gasteiger partial charge in [-0.05, 0) is 31.2 Å². The average Bonchev–Trinajstić information content (AvgIpc) is 2.76. The Morgan fingerprint density at radius 1 is 1.33 bits per heavy atom. The molecule has 114 valence electrons. The predicted molar refractivity (Wildman–Crippen MR) is 82.7 cm³/mol. The van der Waals surface area contributed by atoms with Gasteiger partial charge in [0.25, 0.3) is 0 Å². The Balaban J connectivity index is 2.42. The maximum absolute atomic E-state index is 12.6. The molecule has 0 saturated carbocycles. The number of alkyl halides is 2. The molecular weight excluding hydrogens is 316 g/mol. The molecule has 0 amide bonds. The van der Waals surface area contributed by atoms with Crippen LogP contribution in [0.15, 0.2) is 30.3 Å². The second kappa shape index (κ2) is 7.20. The van der Waals surface area contributed by atoms with Crippen LogP contribution in [0, 0.1) is 6.92 Å². The number of hydrogen-bond acceptors (Lipinski definition) is 3. The maximum atomic E-state index is 12.6. The number of para-hydroxylation sites is 1. The van der Waals surface area contributed by atoms with Crippen LogP contribution in [0.4, 0.5) is 8.78 Å². The summed E-state index contributed by atoms with van der Waals surface area (Å²) in [7, 11) is 0. The fourth-order valence-corrected chi connectivity index (χ4v) is 3.43. The van der Waals surface area contributed by atoms with Gasteiger partial charge in [-0.1, -0.05) is 36.7 Å². The van der Waals surface area contributed by atoms with E-state index in [0.29, 0.717) is 16.4 Å². The number of benzene rings is 1. The van der Waals surface area contributed by atoms with E-state index in [4.69, 9.17) is 11.6 Å². The number of hydrogen-bond donors (Lipinski definition) is 1. The molecule has 0 fully saturated rings. The van der Waals surface area contributed by atoms with Crippen molar-refractivity contribution in [3.63, 3.8) is 0 Å². The van der Waals surface area contributed by atoms with E-state index in [0.717, 1.165) is 10.4 Å². The molecule has 0 aliphatic rings. The minimum Gasteiger partial charge on any atom is -0.434 e.